The van der Waals surface area contributed by atoms with Crippen LogP contribution in [0.5, 0.6) is 0 Å². The average molecular weight is 375 g/mol. The number of hydrogen-bond acceptors (Lipinski definition) is 4. The Labute approximate surface area is 156 Å². The van der Waals surface area contributed by atoms with E-state index in [1.54, 1.807) is 36.4 Å². The van der Waals surface area contributed by atoms with Crippen molar-refractivity contribution in [1.29, 1.82) is 0 Å². The zero-order valence-electron chi connectivity index (χ0n) is 14.5. The van der Waals surface area contributed by atoms with Crippen molar-refractivity contribution in [3.63, 3.8) is 0 Å². The highest BCUT2D eigenvalue weighted by Crippen LogP contribution is 2.13. The van der Waals surface area contributed by atoms with Crippen LogP contribution < -0.4 is 10.6 Å². The first kappa shape index (κ1) is 19.5. The van der Waals surface area contributed by atoms with Gasteiger partial charge in [-0.3, -0.25) is 14.4 Å². The second kappa shape index (κ2) is 9.01. The quantitative estimate of drug-likeness (QED) is 0.761. The van der Waals surface area contributed by atoms with Crippen molar-refractivity contribution in [2.45, 2.75) is 13.8 Å². The van der Waals surface area contributed by atoms with E-state index in [2.05, 4.69) is 10.6 Å². The molecule has 2 amide bonds. The molecule has 0 radical (unpaired) electrons. The highest BCUT2D eigenvalue weighted by Gasteiger charge is 2.11. The maximum absolute atomic E-state index is 12.0. The number of carbonyl (C=O) groups excluding carboxylic acids is 3. The van der Waals surface area contributed by atoms with E-state index in [-0.39, 0.29) is 12.5 Å². The third-order valence-electron chi connectivity index (χ3n) is 3.65. The van der Waals surface area contributed by atoms with E-state index in [0.717, 1.165) is 11.1 Å². The molecule has 0 saturated carbocycles. The van der Waals surface area contributed by atoms with E-state index in [0.29, 0.717) is 16.3 Å². The van der Waals surface area contributed by atoms with Gasteiger partial charge in [0.25, 0.3) is 11.8 Å². The smallest absolute Gasteiger partial charge is 0.325 e. The molecule has 2 rings (SSSR count). The van der Waals surface area contributed by atoms with Crippen molar-refractivity contribution in [3.8, 4) is 0 Å². The van der Waals surface area contributed by atoms with Crippen molar-refractivity contribution in [3.05, 3.63) is 64.2 Å². The lowest BCUT2D eigenvalue weighted by atomic mass is 10.1. The third-order valence-corrected chi connectivity index (χ3v) is 3.91. The van der Waals surface area contributed by atoms with Crippen LogP contribution in [-0.4, -0.2) is 30.9 Å². The largest absolute Gasteiger partial charge is 0.454 e. The predicted molar refractivity (Wildman–Crippen MR) is 99.3 cm³/mol. The monoisotopic (exact) mass is 374 g/mol. The van der Waals surface area contributed by atoms with Crippen LogP contribution in [-0.2, 0) is 14.3 Å². The molecule has 0 spiro atoms. The molecule has 2 aromatic rings. The summed E-state index contributed by atoms with van der Waals surface area (Å²) in [6.45, 7) is 3.09. The molecule has 0 aliphatic heterocycles. The van der Waals surface area contributed by atoms with E-state index in [1.165, 1.54) is 0 Å². The van der Waals surface area contributed by atoms with E-state index in [1.807, 2.05) is 19.9 Å². The van der Waals surface area contributed by atoms with Gasteiger partial charge in [-0.15, -0.1) is 0 Å². The summed E-state index contributed by atoms with van der Waals surface area (Å²) in [5.41, 5.74) is 3.06. The van der Waals surface area contributed by atoms with Crippen LogP contribution in [0.3, 0.4) is 0 Å². The highest BCUT2D eigenvalue weighted by atomic mass is 35.5. The maximum atomic E-state index is 12.0. The van der Waals surface area contributed by atoms with Gasteiger partial charge < -0.3 is 15.4 Å². The SMILES string of the molecule is Cc1ccc(C(=O)NCC(=O)OCC(=O)Nc2ccc(Cl)cc2)cc1C. The predicted octanol–water partition coefficient (Wildman–Crippen LogP) is 2.87. The second-order valence-electron chi connectivity index (χ2n) is 5.70. The minimum atomic E-state index is -0.701. The Morgan fingerprint density at radius 1 is 1.00 bits per heavy atom. The number of esters is 1. The lowest BCUT2D eigenvalue weighted by Crippen LogP contribution is -2.32. The van der Waals surface area contributed by atoms with Crippen molar-refractivity contribution >= 4 is 35.1 Å². The van der Waals surface area contributed by atoms with Crippen molar-refractivity contribution in [2.24, 2.45) is 0 Å². The van der Waals surface area contributed by atoms with Gasteiger partial charge in [0.15, 0.2) is 6.61 Å². The van der Waals surface area contributed by atoms with Crippen molar-refractivity contribution < 1.29 is 19.1 Å². The summed E-state index contributed by atoms with van der Waals surface area (Å²) < 4.78 is 4.84. The Hall–Kier alpha value is -2.86. The Kier molecular flexibility index (Phi) is 6.74. The normalized spacial score (nSPS) is 10.1. The van der Waals surface area contributed by atoms with Crippen LogP contribution in [0.4, 0.5) is 5.69 Å². The molecular weight excluding hydrogens is 356 g/mol. The van der Waals surface area contributed by atoms with E-state index in [4.69, 9.17) is 16.3 Å². The molecular formula is C19H19ClN2O4. The summed E-state index contributed by atoms with van der Waals surface area (Å²) in [4.78, 5) is 35.4. The van der Waals surface area contributed by atoms with Crippen LogP contribution in [0.2, 0.25) is 5.02 Å². The van der Waals surface area contributed by atoms with Crippen LogP contribution in [0.25, 0.3) is 0 Å². The Balaban J connectivity index is 1.74. The topological polar surface area (TPSA) is 84.5 Å². The lowest BCUT2D eigenvalue weighted by molar-refractivity contribution is -0.146. The molecule has 0 aliphatic rings. The number of amides is 2. The van der Waals surface area contributed by atoms with Gasteiger partial charge in [-0.2, -0.15) is 0 Å². The molecule has 0 aliphatic carbocycles. The Morgan fingerprint density at radius 2 is 1.69 bits per heavy atom. The molecule has 7 heteroatoms. The molecule has 0 fully saturated rings. The number of halogens is 1. The average Bonchev–Trinajstić information content (AvgIpc) is 2.62. The first-order valence-electron chi connectivity index (χ1n) is 7.91. The fourth-order valence-corrected chi connectivity index (χ4v) is 2.19. The molecule has 0 atom stereocenters. The molecule has 136 valence electrons. The molecule has 6 nitrogen and oxygen atoms in total. The molecule has 0 unspecified atom stereocenters. The zero-order chi connectivity index (χ0) is 19.1. The van der Waals surface area contributed by atoms with Crippen LogP contribution in [0, 0.1) is 13.8 Å². The van der Waals surface area contributed by atoms with Crippen LogP contribution >= 0.6 is 11.6 Å². The number of anilines is 1. The molecule has 2 N–H and O–H groups in total. The second-order valence-corrected chi connectivity index (χ2v) is 6.13. The van der Waals surface area contributed by atoms with Crippen molar-refractivity contribution in [2.75, 3.05) is 18.5 Å². The lowest BCUT2D eigenvalue weighted by Gasteiger charge is -2.08. The van der Waals surface area contributed by atoms with E-state index < -0.39 is 18.5 Å². The van der Waals surface area contributed by atoms with Crippen LogP contribution in [0.15, 0.2) is 42.5 Å². The summed E-state index contributed by atoms with van der Waals surface area (Å²) in [5.74, 6) is -1.56. The molecule has 0 saturated heterocycles. The van der Waals surface area contributed by atoms with Gasteiger partial charge in [0.2, 0.25) is 0 Å². The summed E-state index contributed by atoms with van der Waals surface area (Å²) in [5, 5.41) is 5.58. The number of benzene rings is 2. The highest BCUT2D eigenvalue weighted by molar-refractivity contribution is 6.30. The molecule has 0 bridgehead atoms. The van der Waals surface area contributed by atoms with Gasteiger partial charge in [0, 0.05) is 16.3 Å². The third kappa shape index (κ3) is 5.89. The summed E-state index contributed by atoms with van der Waals surface area (Å²) in [6.07, 6.45) is 0. The fraction of sp³-hybridized carbons (Fsp3) is 0.211. The van der Waals surface area contributed by atoms with E-state index >= 15 is 0 Å². The Morgan fingerprint density at radius 3 is 2.35 bits per heavy atom. The maximum Gasteiger partial charge on any atom is 0.325 e. The number of hydrogen-bond donors (Lipinski definition) is 2. The van der Waals surface area contributed by atoms with Crippen molar-refractivity contribution in [1.82, 2.24) is 5.32 Å². The van der Waals surface area contributed by atoms with Gasteiger partial charge in [0.05, 0.1) is 0 Å². The number of aryl methyl sites for hydroxylation is 2. The zero-order valence-corrected chi connectivity index (χ0v) is 15.2. The van der Waals surface area contributed by atoms with Gasteiger partial charge in [-0.05, 0) is 61.4 Å². The minimum Gasteiger partial charge on any atom is -0.454 e. The van der Waals surface area contributed by atoms with Gasteiger partial charge >= 0.3 is 5.97 Å². The summed E-state index contributed by atoms with van der Waals surface area (Å²) in [7, 11) is 0. The Bertz CT molecular complexity index is 819. The van der Waals surface area contributed by atoms with Crippen LogP contribution in [0.1, 0.15) is 21.5 Å². The number of carbonyl (C=O) groups is 3. The number of rotatable bonds is 6. The summed E-state index contributed by atoms with van der Waals surface area (Å²) in [6, 6.07) is 11.8. The van der Waals surface area contributed by atoms with Gasteiger partial charge in [0.1, 0.15) is 6.54 Å². The molecule has 26 heavy (non-hydrogen) atoms. The van der Waals surface area contributed by atoms with Gasteiger partial charge in [-0.25, -0.2) is 0 Å². The molecule has 0 aromatic heterocycles. The standard InChI is InChI=1S/C19H19ClN2O4/c1-12-3-4-14(9-13(12)2)19(25)21-10-18(24)26-11-17(23)22-16-7-5-15(20)6-8-16/h3-9H,10-11H2,1-2H3,(H,21,25)(H,22,23). The molecule has 0 heterocycles. The van der Waals surface area contributed by atoms with Gasteiger partial charge in [-0.1, -0.05) is 17.7 Å². The van der Waals surface area contributed by atoms with E-state index in [9.17, 15) is 14.4 Å². The number of nitrogens with one attached hydrogen (secondary N) is 2. The molecule has 2 aromatic carbocycles. The fourth-order valence-electron chi connectivity index (χ4n) is 2.06. The first-order chi connectivity index (χ1) is 12.3. The summed E-state index contributed by atoms with van der Waals surface area (Å²) >= 11 is 5.76. The first-order valence-corrected chi connectivity index (χ1v) is 8.29. The number of ether oxygens (including phenoxy) is 1. The minimum absolute atomic E-state index is 0.319.